The molecule has 1 saturated heterocycles. The number of phenols is 2. The lowest BCUT2D eigenvalue weighted by Crippen LogP contribution is -2.55. The van der Waals surface area contributed by atoms with Crippen molar-refractivity contribution in [2.24, 2.45) is 5.73 Å². The summed E-state index contributed by atoms with van der Waals surface area (Å²) in [6.07, 6.45) is 0.820. The molecule has 3 amide bonds. The summed E-state index contributed by atoms with van der Waals surface area (Å²) in [5.74, 6) is 0.736. The van der Waals surface area contributed by atoms with Gasteiger partial charge >= 0.3 is 6.03 Å². The van der Waals surface area contributed by atoms with E-state index in [1.165, 1.54) is 17.0 Å². The molecule has 1 unspecified atom stereocenters. The van der Waals surface area contributed by atoms with Crippen LogP contribution in [0.3, 0.4) is 0 Å². The van der Waals surface area contributed by atoms with Crippen LogP contribution in [0, 0.1) is 6.92 Å². The van der Waals surface area contributed by atoms with Crippen molar-refractivity contribution >= 4 is 17.6 Å². The number of hydrogen-bond acceptors (Lipinski definition) is 8. The third kappa shape index (κ3) is 6.76. The smallest absolute Gasteiger partial charge is 0.329 e. The van der Waals surface area contributed by atoms with E-state index in [-0.39, 0.29) is 24.0 Å². The summed E-state index contributed by atoms with van der Waals surface area (Å²) in [5, 5.41) is 26.3. The van der Waals surface area contributed by atoms with Crippen molar-refractivity contribution in [3.8, 4) is 22.9 Å². The third-order valence-corrected chi connectivity index (χ3v) is 7.58. The molecule has 1 aliphatic rings. The van der Waals surface area contributed by atoms with Crippen LogP contribution in [0.5, 0.6) is 11.5 Å². The number of phenolic OH excluding ortho intramolecular Hbond substituents is 2. The Hall–Kier alpha value is -4.74. The number of nitrogens with two attached hydrogens (primary N) is 1. The number of carbonyl (C=O) groups is 2. The topological polar surface area (TPSA) is 155 Å². The van der Waals surface area contributed by atoms with E-state index in [1.54, 1.807) is 61.5 Å². The fraction of sp³-hybridized carbons (Fsp3) is 0.290. The minimum Gasteiger partial charge on any atom is -0.508 e. The number of aryl methyl sites for hydroxylation is 1. The Kier molecular flexibility index (Phi) is 8.23. The molecule has 5 N–H and O–H groups in total. The van der Waals surface area contributed by atoms with Gasteiger partial charge in [-0.05, 0) is 60.5 Å². The zero-order valence-corrected chi connectivity index (χ0v) is 23.6. The Morgan fingerprint density at radius 2 is 1.81 bits per heavy atom. The lowest BCUT2D eigenvalue weighted by Gasteiger charge is -2.33. The van der Waals surface area contributed by atoms with Crippen LogP contribution in [0.15, 0.2) is 77.3 Å². The predicted octanol–water partition coefficient (Wildman–Crippen LogP) is 3.81. The first-order valence-corrected chi connectivity index (χ1v) is 13.8. The Balaban J connectivity index is 1.35. The molecule has 3 atom stereocenters. The number of aromatic nitrogens is 2. The van der Waals surface area contributed by atoms with Crippen LogP contribution in [0.1, 0.15) is 23.4 Å². The molecule has 1 aromatic heterocycles. The summed E-state index contributed by atoms with van der Waals surface area (Å²) in [5.41, 5.74) is 9.37. The number of hydrogen-bond donors (Lipinski definition) is 4. The van der Waals surface area contributed by atoms with E-state index in [9.17, 15) is 19.8 Å². The highest BCUT2D eigenvalue weighted by molar-refractivity contribution is 6.03. The number of nitrogens with one attached hydrogen (secondary N) is 1. The second kappa shape index (κ2) is 12.0. The molecular weight excluding hydrogens is 536 g/mol. The monoisotopic (exact) mass is 571 g/mol. The highest BCUT2D eigenvalue weighted by Gasteiger charge is 2.43. The minimum absolute atomic E-state index is 0.120. The maximum absolute atomic E-state index is 13.8. The van der Waals surface area contributed by atoms with Gasteiger partial charge in [0.15, 0.2) is 0 Å². The van der Waals surface area contributed by atoms with E-state index < -0.39 is 18.0 Å². The van der Waals surface area contributed by atoms with Gasteiger partial charge in [-0.3, -0.25) is 9.69 Å². The van der Waals surface area contributed by atoms with E-state index in [4.69, 9.17) is 10.3 Å². The van der Waals surface area contributed by atoms with Gasteiger partial charge in [0, 0.05) is 30.2 Å². The highest BCUT2D eigenvalue weighted by Crippen LogP contribution is 2.27. The average Bonchev–Trinajstić information content (AvgIpc) is 3.56. The number of benzene rings is 3. The number of aromatic hydroxyl groups is 2. The van der Waals surface area contributed by atoms with Crippen molar-refractivity contribution in [1.82, 2.24) is 15.0 Å². The largest absolute Gasteiger partial charge is 0.508 e. The van der Waals surface area contributed by atoms with Crippen molar-refractivity contribution in [1.29, 1.82) is 0 Å². The molecule has 0 bridgehead atoms. The van der Waals surface area contributed by atoms with Gasteiger partial charge in [0.1, 0.15) is 24.6 Å². The zero-order chi connectivity index (χ0) is 29.9. The molecule has 218 valence electrons. The fourth-order valence-electron chi connectivity index (χ4n) is 5.50. The standard InChI is InChI=1S/C31H34N6O5/c1-20-33-29(35-42-20)23-8-10-24(11-9-23)34-31(41)36(30(40)28(32)17-21-6-12-26(38)13-7-21)25-14-15-37(2,19-25)18-22-4-3-5-27(39)16-22/h3-13,16,25,28H,14-15,17-19,32H2,1-2H3,(H2-,34,35,38,39,41)/p+1/t25-,28-,37?/m0/s1. The number of amides is 3. The number of carbonyl (C=O) groups excluding carboxylic acids is 2. The molecule has 42 heavy (non-hydrogen) atoms. The lowest BCUT2D eigenvalue weighted by atomic mass is 10.0. The SMILES string of the molecule is Cc1nc(-c2ccc(NC(=O)N(C(=O)[C@@H](N)Cc3ccc(O)cc3)[C@H]3CC[N+](C)(Cc4cccc(O)c4)C3)cc2)no1. The highest BCUT2D eigenvalue weighted by atomic mass is 16.5. The maximum atomic E-state index is 13.8. The fourth-order valence-corrected chi connectivity index (χ4v) is 5.50. The second-order valence-corrected chi connectivity index (χ2v) is 11.1. The summed E-state index contributed by atoms with van der Waals surface area (Å²) in [4.78, 5) is 33.0. The van der Waals surface area contributed by atoms with Gasteiger partial charge < -0.3 is 30.3 Å². The van der Waals surface area contributed by atoms with E-state index in [0.29, 0.717) is 41.4 Å². The van der Waals surface area contributed by atoms with Gasteiger partial charge in [-0.2, -0.15) is 4.98 Å². The molecule has 11 heteroatoms. The van der Waals surface area contributed by atoms with Crippen molar-refractivity contribution < 1.29 is 28.8 Å². The average molecular weight is 572 g/mol. The van der Waals surface area contributed by atoms with E-state index in [2.05, 4.69) is 22.5 Å². The van der Waals surface area contributed by atoms with Crippen molar-refractivity contribution in [2.75, 3.05) is 25.5 Å². The number of urea groups is 1. The van der Waals surface area contributed by atoms with Crippen molar-refractivity contribution in [3.05, 3.63) is 89.8 Å². The summed E-state index contributed by atoms with van der Waals surface area (Å²) in [7, 11) is 2.08. The molecule has 0 aliphatic carbocycles. The summed E-state index contributed by atoms with van der Waals surface area (Å²) in [6, 6.07) is 18.7. The Morgan fingerprint density at radius 1 is 1.07 bits per heavy atom. The molecule has 0 spiro atoms. The van der Waals surface area contributed by atoms with Crippen molar-refractivity contribution in [3.63, 3.8) is 0 Å². The Labute approximate surface area is 243 Å². The van der Waals surface area contributed by atoms with Gasteiger partial charge in [0.25, 0.3) is 0 Å². The minimum atomic E-state index is -0.963. The van der Waals surface area contributed by atoms with E-state index >= 15 is 0 Å². The number of likely N-dealkylation sites (tertiary alicyclic amines) is 1. The van der Waals surface area contributed by atoms with Crippen LogP contribution >= 0.6 is 0 Å². The first-order valence-electron chi connectivity index (χ1n) is 13.8. The van der Waals surface area contributed by atoms with Crippen LogP contribution in [-0.4, -0.2) is 73.9 Å². The second-order valence-electron chi connectivity index (χ2n) is 11.1. The molecule has 1 fully saturated rings. The first-order chi connectivity index (χ1) is 20.1. The molecule has 4 aromatic rings. The summed E-state index contributed by atoms with van der Waals surface area (Å²) in [6.45, 7) is 3.63. The maximum Gasteiger partial charge on any atom is 0.329 e. The number of quaternary nitrogens is 1. The molecule has 2 heterocycles. The lowest BCUT2D eigenvalue weighted by molar-refractivity contribution is -0.911. The van der Waals surface area contributed by atoms with Gasteiger partial charge in [-0.1, -0.05) is 29.4 Å². The molecule has 11 nitrogen and oxygen atoms in total. The predicted molar refractivity (Wildman–Crippen MR) is 156 cm³/mol. The van der Waals surface area contributed by atoms with Gasteiger partial charge in [0.2, 0.25) is 17.6 Å². The van der Waals surface area contributed by atoms with Crippen LogP contribution < -0.4 is 11.1 Å². The van der Waals surface area contributed by atoms with Gasteiger partial charge in [0.05, 0.1) is 25.7 Å². The molecule has 0 radical (unpaired) electrons. The zero-order valence-electron chi connectivity index (χ0n) is 23.6. The van der Waals surface area contributed by atoms with E-state index in [1.807, 2.05) is 6.07 Å². The molecular formula is C31H35N6O5+. The molecule has 3 aromatic carbocycles. The first kappa shape index (κ1) is 28.8. The van der Waals surface area contributed by atoms with Crippen LogP contribution in [0.25, 0.3) is 11.4 Å². The van der Waals surface area contributed by atoms with Crippen LogP contribution in [-0.2, 0) is 17.8 Å². The number of rotatable bonds is 8. The molecule has 0 saturated carbocycles. The van der Waals surface area contributed by atoms with Gasteiger partial charge in [-0.15, -0.1) is 0 Å². The Bertz CT molecular complexity index is 1550. The normalized spacial score (nSPS) is 18.9. The summed E-state index contributed by atoms with van der Waals surface area (Å²) < 4.78 is 5.64. The Morgan fingerprint density at radius 3 is 2.48 bits per heavy atom. The quantitative estimate of drug-likeness (QED) is 0.233. The van der Waals surface area contributed by atoms with E-state index in [0.717, 1.165) is 23.2 Å². The molecule has 1 aliphatic heterocycles. The number of nitrogens with zero attached hydrogens (tertiary/aromatic N) is 4. The number of anilines is 1. The van der Waals surface area contributed by atoms with Crippen LogP contribution in [0.2, 0.25) is 0 Å². The third-order valence-electron chi connectivity index (χ3n) is 7.58. The van der Waals surface area contributed by atoms with Crippen molar-refractivity contribution in [2.45, 2.75) is 38.4 Å². The molecule has 5 rings (SSSR count). The number of likely N-dealkylation sites (N-methyl/N-ethyl adjacent to an activating group) is 1. The summed E-state index contributed by atoms with van der Waals surface area (Å²) >= 11 is 0. The van der Waals surface area contributed by atoms with Gasteiger partial charge in [-0.25, -0.2) is 4.79 Å². The number of imide groups is 1. The van der Waals surface area contributed by atoms with Crippen LogP contribution in [0.4, 0.5) is 10.5 Å².